The van der Waals surface area contributed by atoms with Crippen LogP contribution < -0.4 is 4.57 Å². The summed E-state index contributed by atoms with van der Waals surface area (Å²) in [6, 6.07) is 0. The first-order valence-corrected chi connectivity index (χ1v) is 10.1. The van der Waals surface area contributed by atoms with Crippen molar-refractivity contribution >= 4 is 0 Å². The molecule has 3 aromatic rings. The van der Waals surface area contributed by atoms with E-state index in [4.69, 9.17) is 9.51 Å². The molecule has 0 fully saturated rings. The predicted molar refractivity (Wildman–Crippen MR) is 107 cm³/mol. The van der Waals surface area contributed by atoms with Gasteiger partial charge < -0.3 is 9.09 Å². The van der Waals surface area contributed by atoms with E-state index in [9.17, 15) is 0 Å². The second kappa shape index (κ2) is 8.29. The molecule has 2 unspecified atom stereocenters. The molecule has 0 saturated heterocycles. The van der Waals surface area contributed by atoms with Gasteiger partial charge in [0.2, 0.25) is 12.7 Å². The zero-order valence-corrected chi connectivity index (χ0v) is 18.2. The normalized spacial score (nSPS) is 14.0. The van der Waals surface area contributed by atoms with E-state index in [1.54, 1.807) is 0 Å². The van der Waals surface area contributed by atoms with Gasteiger partial charge in [0.15, 0.2) is 5.82 Å². The van der Waals surface area contributed by atoms with Crippen LogP contribution in [0.3, 0.4) is 0 Å². The van der Waals surface area contributed by atoms with Crippen molar-refractivity contribution in [2.24, 2.45) is 7.05 Å². The molecular formula is C21H33N6O+. The summed E-state index contributed by atoms with van der Waals surface area (Å²) < 4.78 is 11.7. The van der Waals surface area contributed by atoms with Gasteiger partial charge in [-0.05, 0) is 13.3 Å². The van der Waals surface area contributed by atoms with E-state index < -0.39 is 0 Å². The third-order valence-corrected chi connectivity index (χ3v) is 5.74. The minimum atomic E-state index is 0.262. The fourth-order valence-electron chi connectivity index (χ4n) is 4.18. The lowest BCUT2D eigenvalue weighted by Crippen LogP contribution is -2.31. The van der Waals surface area contributed by atoms with Crippen LogP contribution in [-0.4, -0.2) is 24.3 Å². The van der Waals surface area contributed by atoms with E-state index in [1.165, 1.54) is 29.2 Å². The fraction of sp³-hybridized carbons (Fsp3) is 0.619. The molecule has 7 nitrogen and oxygen atoms in total. The van der Waals surface area contributed by atoms with Crippen molar-refractivity contribution in [1.29, 1.82) is 0 Å². The first kappa shape index (κ1) is 20.3. The van der Waals surface area contributed by atoms with Crippen molar-refractivity contribution in [3.8, 4) is 0 Å². The molecule has 152 valence electrons. The third-order valence-electron chi connectivity index (χ3n) is 5.74. The zero-order valence-electron chi connectivity index (χ0n) is 18.2. The monoisotopic (exact) mass is 385 g/mol. The summed E-state index contributed by atoms with van der Waals surface area (Å²) in [4.78, 5) is 8.89. The van der Waals surface area contributed by atoms with Gasteiger partial charge in [0.1, 0.15) is 11.4 Å². The maximum Gasteiger partial charge on any atom is 0.244 e. The van der Waals surface area contributed by atoms with E-state index in [0.717, 1.165) is 25.3 Å². The van der Waals surface area contributed by atoms with E-state index >= 15 is 0 Å². The van der Waals surface area contributed by atoms with Crippen molar-refractivity contribution in [3.05, 3.63) is 47.6 Å². The van der Waals surface area contributed by atoms with Crippen LogP contribution in [0.15, 0.2) is 23.6 Å². The molecule has 0 amide bonds. The molecule has 0 saturated carbocycles. The number of nitrogens with zero attached hydrogens (tertiary/aromatic N) is 6. The van der Waals surface area contributed by atoms with Crippen LogP contribution in [0.5, 0.6) is 0 Å². The highest BCUT2D eigenvalue weighted by molar-refractivity contribution is 5.17. The number of aryl methyl sites for hydroxylation is 2. The summed E-state index contributed by atoms with van der Waals surface area (Å²) in [6.45, 7) is 15.1. The van der Waals surface area contributed by atoms with E-state index in [-0.39, 0.29) is 5.92 Å². The highest BCUT2D eigenvalue weighted by Gasteiger charge is 2.23. The Kier molecular flexibility index (Phi) is 6.01. The largest absolute Gasteiger partial charge is 0.343 e. The molecule has 28 heavy (non-hydrogen) atoms. The van der Waals surface area contributed by atoms with Crippen LogP contribution in [0.25, 0.3) is 0 Å². The highest BCUT2D eigenvalue weighted by atomic mass is 16.5. The molecule has 0 aliphatic heterocycles. The molecule has 3 rings (SSSR count). The third kappa shape index (κ3) is 4.03. The topological polar surface area (TPSA) is 65.5 Å². The zero-order chi connectivity index (χ0) is 20.4. The van der Waals surface area contributed by atoms with Crippen LogP contribution >= 0.6 is 0 Å². The Morgan fingerprint density at radius 2 is 1.79 bits per heavy atom. The predicted octanol–water partition coefficient (Wildman–Crippen LogP) is 3.63. The van der Waals surface area contributed by atoms with Crippen LogP contribution in [0.2, 0.25) is 0 Å². The molecule has 0 bridgehead atoms. The number of hydrogen-bond acceptors (Lipinski definition) is 4. The molecule has 2 atom stereocenters. The van der Waals surface area contributed by atoms with Crippen molar-refractivity contribution in [3.63, 3.8) is 0 Å². The second-order valence-electron chi connectivity index (χ2n) is 8.29. The van der Waals surface area contributed by atoms with Crippen LogP contribution in [0, 0.1) is 13.8 Å². The van der Waals surface area contributed by atoms with Gasteiger partial charge in [-0.15, -0.1) is 0 Å². The smallest absolute Gasteiger partial charge is 0.244 e. The van der Waals surface area contributed by atoms with Crippen LogP contribution in [-0.2, 0) is 20.1 Å². The van der Waals surface area contributed by atoms with Crippen molar-refractivity contribution in [2.75, 3.05) is 0 Å². The van der Waals surface area contributed by atoms with Crippen molar-refractivity contribution in [2.45, 2.75) is 78.8 Å². The standard InChI is InChI=1S/C21H33N6O/c1-14(2)20-18(6)27(13-25(20)7)10-16(4)19-17(5)26(11-22-19)9-8-15(3)21-23-12-28-24-21/h11-16H,8-10H2,1-7H3/q+1. The van der Waals surface area contributed by atoms with Gasteiger partial charge in [-0.3, -0.25) is 0 Å². The number of imidazole rings is 2. The maximum absolute atomic E-state index is 4.85. The average Bonchev–Trinajstić information content (AvgIpc) is 3.34. The summed E-state index contributed by atoms with van der Waals surface area (Å²) in [5.41, 5.74) is 5.15. The molecule has 0 aliphatic rings. The minimum absolute atomic E-state index is 0.262. The number of aromatic nitrogens is 6. The van der Waals surface area contributed by atoms with E-state index in [0.29, 0.717) is 11.8 Å². The highest BCUT2D eigenvalue weighted by Crippen LogP contribution is 2.24. The number of rotatable bonds is 8. The summed E-state index contributed by atoms with van der Waals surface area (Å²) in [5, 5.41) is 3.94. The molecule has 3 heterocycles. The summed E-state index contributed by atoms with van der Waals surface area (Å²) in [6.07, 6.45) is 6.52. The molecule has 0 aliphatic carbocycles. The molecule has 0 radical (unpaired) electrons. The lowest BCUT2D eigenvalue weighted by molar-refractivity contribution is -0.679. The van der Waals surface area contributed by atoms with Gasteiger partial charge in [0, 0.05) is 36.9 Å². The number of hydrogen-bond donors (Lipinski definition) is 0. The maximum atomic E-state index is 4.85. The lowest BCUT2D eigenvalue weighted by Gasteiger charge is -2.12. The van der Waals surface area contributed by atoms with Crippen LogP contribution in [0.4, 0.5) is 0 Å². The van der Waals surface area contributed by atoms with Crippen molar-refractivity contribution in [1.82, 2.24) is 24.3 Å². The van der Waals surface area contributed by atoms with Crippen molar-refractivity contribution < 1.29 is 9.09 Å². The Bertz CT molecular complexity index is 906. The second-order valence-corrected chi connectivity index (χ2v) is 8.29. The van der Waals surface area contributed by atoms with Gasteiger partial charge in [0.05, 0.1) is 25.6 Å². The lowest BCUT2D eigenvalue weighted by atomic mass is 10.0. The molecule has 7 heteroatoms. The van der Waals surface area contributed by atoms with Gasteiger partial charge in [-0.25, -0.2) is 14.1 Å². The summed E-state index contributed by atoms with van der Waals surface area (Å²) >= 11 is 0. The average molecular weight is 386 g/mol. The molecule has 0 spiro atoms. The van der Waals surface area contributed by atoms with E-state index in [1.807, 2.05) is 6.33 Å². The molecule has 0 N–H and O–H groups in total. The Balaban J connectivity index is 1.68. The quantitative estimate of drug-likeness (QED) is 0.556. The van der Waals surface area contributed by atoms with Gasteiger partial charge in [0.25, 0.3) is 0 Å². The summed E-state index contributed by atoms with van der Waals surface area (Å²) in [5.74, 6) is 1.90. The minimum Gasteiger partial charge on any atom is -0.343 e. The SMILES string of the molecule is Cc1c(C(C)Cn2c[n+](C)c(C(C)C)c2C)ncn1CCC(C)c1ncon1. The summed E-state index contributed by atoms with van der Waals surface area (Å²) in [7, 11) is 2.13. The molecule has 0 aromatic carbocycles. The Morgan fingerprint density at radius 3 is 2.39 bits per heavy atom. The fourth-order valence-corrected chi connectivity index (χ4v) is 4.18. The van der Waals surface area contributed by atoms with Gasteiger partial charge >= 0.3 is 0 Å². The Hall–Kier alpha value is -2.44. The first-order chi connectivity index (χ1) is 13.3. The van der Waals surface area contributed by atoms with E-state index in [2.05, 4.69) is 78.8 Å². The Morgan fingerprint density at radius 1 is 1.04 bits per heavy atom. The van der Waals surface area contributed by atoms with Crippen LogP contribution in [0.1, 0.15) is 80.5 Å². The first-order valence-electron chi connectivity index (χ1n) is 10.1. The molecular weight excluding hydrogens is 352 g/mol. The molecule has 3 aromatic heterocycles. The van der Waals surface area contributed by atoms with Gasteiger partial charge in [-0.2, -0.15) is 4.98 Å². The Labute approximate surface area is 167 Å². The van der Waals surface area contributed by atoms with Gasteiger partial charge in [-0.1, -0.05) is 32.9 Å².